The molecule has 2 atom stereocenters. The normalized spacial score (nSPS) is 24.7. The zero-order chi connectivity index (χ0) is 15.1. The standard InChI is InChI=1S/C16H22N2O2S/c1-9-8-13(11(3)21-9)10(2)18-7-6-14(19)17-15(16(18)20)12-4-5-12/h8,10,12,15H,4-7H2,1-3H3,(H,17,19). The van der Waals surface area contributed by atoms with Crippen molar-refractivity contribution in [1.29, 1.82) is 0 Å². The summed E-state index contributed by atoms with van der Waals surface area (Å²) in [7, 11) is 0. The Morgan fingerprint density at radius 1 is 1.33 bits per heavy atom. The van der Waals surface area contributed by atoms with Gasteiger partial charge in [-0.15, -0.1) is 11.3 Å². The van der Waals surface area contributed by atoms with E-state index in [4.69, 9.17) is 0 Å². The number of amides is 2. The van der Waals surface area contributed by atoms with Crippen molar-refractivity contribution in [2.45, 2.75) is 52.1 Å². The number of thiophene rings is 1. The predicted octanol–water partition coefficient (Wildman–Crippen LogP) is 2.55. The van der Waals surface area contributed by atoms with Crippen molar-refractivity contribution in [3.63, 3.8) is 0 Å². The lowest BCUT2D eigenvalue weighted by molar-refractivity contribution is -0.136. The van der Waals surface area contributed by atoms with Crippen molar-refractivity contribution >= 4 is 23.2 Å². The largest absolute Gasteiger partial charge is 0.344 e. The Morgan fingerprint density at radius 2 is 2.05 bits per heavy atom. The second kappa shape index (κ2) is 5.44. The average Bonchev–Trinajstić information content (AvgIpc) is 3.21. The molecule has 1 aromatic heterocycles. The number of carbonyl (C=O) groups is 2. The van der Waals surface area contributed by atoms with Crippen molar-refractivity contribution in [3.8, 4) is 0 Å². The summed E-state index contributed by atoms with van der Waals surface area (Å²) >= 11 is 1.77. The van der Waals surface area contributed by atoms with Gasteiger partial charge in [-0.2, -0.15) is 0 Å². The van der Waals surface area contributed by atoms with Crippen molar-refractivity contribution in [2.75, 3.05) is 6.54 Å². The van der Waals surface area contributed by atoms with Crippen molar-refractivity contribution in [1.82, 2.24) is 10.2 Å². The summed E-state index contributed by atoms with van der Waals surface area (Å²) in [5, 5.41) is 2.92. The Hall–Kier alpha value is -1.36. The second-order valence-electron chi connectivity index (χ2n) is 6.21. The molecular formula is C16H22N2O2S. The smallest absolute Gasteiger partial charge is 0.245 e. The highest BCUT2D eigenvalue weighted by Gasteiger charge is 2.42. The number of carbonyl (C=O) groups excluding carboxylic acids is 2. The van der Waals surface area contributed by atoms with E-state index in [1.54, 1.807) is 11.3 Å². The van der Waals surface area contributed by atoms with E-state index < -0.39 is 0 Å². The molecule has 2 heterocycles. The molecule has 0 bridgehead atoms. The Balaban J connectivity index is 1.86. The van der Waals surface area contributed by atoms with Gasteiger partial charge in [-0.3, -0.25) is 9.59 Å². The van der Waals surface area contributed by atoms with E-state index in [1.807, 2.05) is 4.90 Å². The summed E-state index contributed by atoms with van der Waals surface area (Å²) in [5.41, 5.74) is 1.22. The van der Waals surface area contributed by atoms with Crippen LogP contribution in [0.3, 0.4) is 0 Å². The fraction of sp³-hybridized carbons (Fsp3) is 0.625. The van der Waals surface area contributed by atoms with Crippen LogP contribution in [0.25, 0.3) is 0 Å². The van der Waals surface area contributed by atoms with Gasteiger partial charge >= 0.3 is 0 Å². The first-order chi connectivity index (χ1) is 9.97. The topological polar surface area (TPSA) is 49.4 Å². The van der Waals surface area contributed by atoms with Gasteiger partial charge in [-0.25, -0.2) is 0 Å². The van der Waals surface area contributed by atoms with Crippen LogP contribution in [0.4, 0.5) is 0 Å². The molecule has 1 aliphatic heterocycles. The quantitative estimate of drug-likeness (QED) is 0.933. The molecule has 1 saturated heterocycles. The minimum absolute atomic E-state index is 0.00757. The van der Waals surface area contributed by atoms with Crippen LogP contribution in [-0.2, 0) is 9.59 Å². The Bertz CT molecular complexity index is 577. The van der Waals surface area contributed by atoms with E-state index in [0.29, 0.717) is 18.9 Å². The molecule has 4 nitrogen and oxygen atoms in total. The maximum atomic E-state index is 12.8. The van der Waals surface area contributed by atoms with Crippen molar-refractivity contribution in [2.24, 2.45) is 5.92 Å². The molecule has 1 N–H and O–H groups in total. The molecule has 21 heavy (non-hydrogen) atoms. The van der Waals surface area contributed by atoms with Gasteiger partial charge in [-0.1, -0.05) is 0 Å². The van der Waals surface area contributed by atoms with E-state index >= 15 is 0 Å². The maximum absolute atomic E-state index is 12.8. The van der Waals surface area contributed by atoms with E-state index in [1.165, 1.54) is 15.3 Å². The van der Waals surface area contributed by atoms with Crippen LogP contribution in [0.2, 0.25) is 0 Å². The molecule has 0 aromatic carbocycles. The third-order valence-corrected chi connectivity index (χ3v) is 5.52. The minimum atomic E-state index is -0.303. The highest BCUT2D eigenvalue weighted by atomic mass is 32.1. The first-order valence-corrected chi connectivity index (χ1v) is 8.46. The van der Waals surface area contributed by atoms with E-state index in [2.05, 4.69) is 32.2 Å². The number of rotatable bonds is 3. The van der Waals surface area contributed by atoms with E-state index in [0.717, 1.165) is 12.8 Å². The van der Waals surface area contributed by atoms with Crippen LogP contribution in [0, 0.1) is 19.8 Å². The zero-order valence-electron chi connectivity index (χ0n) is 12.8. The monoisotopic (exact) mass is 306 g/mol. The molecule has 2 fully saturated rings. The number of hydrogen-bond acceptors (Lipinski definition) is 3. The lowest BCUT2D eigenvalue weighted by atomic mass is 10.1. The molecule has 2 amide bonds. The van der Waals surface area contributed by atoms with Gasteiger partial charge < -0.3 is 10.2 Å². The highest BCUT2D eigenvalue weighted by molar-refractivity contribution is 7.12. The molecule has 3 rings (SSSR count). The minimum Gasteiger partial charge on any atom is -0.344 e. The fourth-order valence-corrected chi connectivity index (χ4v) is 4.20. The number of aryl methyl sites for hydroxylation is 2. The van der Waals surface area contributed by atoms with E-state index in [-0.39, 0.29) is 23.9 Å². The lowest BCUT2D eigenvalue weighted by Gasteiger charge is -2.30. The highest BCUT2D eigenvalue weighted by Crippen LogP contribution is 2.36. The van der Waals surface area contributed by atoms with Crippen LogP contribution in [0.5, 0.6) is 0 Å². The number of nitrogens with zero attached hydrogens (tertiary/aromatic N) is 1. The molecule has 5 heteroatoms. The van der Waals surface area contributed by atoms with E-state index in [9.17, 15) is 9.59 Å². The molecule has 114 valence electrons. The van der Waals surface area contributed by atoms with Crippen molar-refractivity contribution in [3.05, 3.63) is 21.4 Å². The molecule has 0 spiro atoms. The summed E-state index contributed by atoms with van der Waals surface area (Å²) < 4.78 is 0. The van der Waals surface area contributed by atoms with Crippen LogP contribution in [0.1, 0.15) is 47.5 Å². The summed E-state index contributed by atoms with van der Waals surface area (Å²) in [6.45, 7) is 6.79. The van der Waals surface area contributed by atoms with Gasteiger partial charge in [0, 0.05) is 22.7 Å². The Morgan fingerprint density at radius 3 is 2.62 bits per heavy atom. The summed E-state index contributed by atoms with van der Waals surface area (Å²) in [4.78, 5) is 29.1. The van der Waals surface area contributed by atoms with Crippen LogP contribution in [-0.4, -0.2) is 29.3 Å². The van der Waals surface area contributed by atoms with Crippen LogP contribution in [0.15, 0.2) is 6.07 Å². The first-order valence-electron chi connectivity index (χ1n) is 7.64. The van der Waals surface area contributed by atoms with Crippen LogP contribution < -0.4 is 5.32 Å². The molecule has 0 radical (unpaired) electrons. The molecular weight excluding hydrogens is 284 g/mol. The Labute approximate surface area is 129 Å². The van der Waals surface area contributed by atoms with Gasteiger partial charge in [-0.05, 0) is 51.2 Å². The number of hydrogen-bond donors (Lipinski definition) is 1. The SMILES string of the molecule is Cc1cc(C(C)N2CCC(=O)NC(C3CC3)C2=O)c(C)s1. The molecule has 2 aliphatic rings. The van der Waals surface area contributed by atoms with Crippen molar-refractivity contribution < 1.29 is 9.59 Å². The Kier molecular flexibility index (Phi) is 3.78. The maximum Gasteiger partial charge on any atom is 0.245 e. The van der Waals surface area contributed by atoms with Crippen LogP contribution >= 0.6 is 11.3 Å². The predicted molar refractivity (Wildman–Crippen MR) is 83.2 cm³/mol. The zero-order valence-corrected chi connectivity index (χ0v) is 13.6. The summed E-state index contributed by atoms with van der Waals surface area (Å²) in [6.07, 6.45) is 2.51. The van der Waals surface area contributed by atoms with Gasteiger partial charge in [0.2, 0.25) is 11.8 Å². The number of nitrogens with one attached hydrogen (secondary N) is 1. The lowest BCUT2D eigenvalue weighted by Crippen LogP contribution is -2.46. The van der Waals surface area contributed by atoms with Gasteiger partial charge in [0.05, 0.1) is 6.04 Å². The third-order valence-electron chi connectivity index (χ3n) is 4.54. The average molecular weight is 306 g/mol. The first kappa shape index (κ1) is 14.6. The summed E-state index contributed by atoms with van der Waals surface area (Å²) in [5.74, 6) is 0.451. The van der Waals surface area contributed by atoms with Gasteiger partial charge in [0.25, 0.3) is 0 Å². The summed E-state index contributed by atoms with van der Waals surface area (Å²) in [6, 6.07) is 1.91. The molecule has 2 unspecified atom stereocenters. The second-order valence-corrected chi connectivity index (χ2v) is 7.67. The van der Waals surface area contributed by atoms with Gasteiger partial charge in [0.15, 0.2) is 0 Å². The molecule has 1 aromatic rings. The molecule has 1 aliphatic carbocycles. The third kappa shape index (κ3) is 2.84. The fourth-order valence-electron chi connectivity index (χ4n) is 3.18. The van der Waals surface area contributed by atoms with Gasteiger partial charge in [0.1, 0.15) is 6.04 Å². The molecule has 1 saturated carbocycles.